The van der Waals surface area contributed by atoms with Crippen molar-refractivity contribution in [2.75, 3.05) is 13.6 Å². The summed E-state index contributed by atoms with van der Waals surface area (Å²) in [6.07, 6.45) is 9.24. The molecule has 0 unspecified atom stereocenters. The maximum Gasteiger partial charge on any atom is 0.120 e. The van der Waals surface area contributed by atoms with Crippen LogP contribution < -0.4 is 10.6 Å². The van der Waals surface area contributed by atoms with E-state index in [1.54, 1.807) is 0 Å². The zero-order valence-corrected chi connectivity index (χ0v) is 20.5. The first-order chi connectivity index (χ1) is 16.6. The van der Waals surface area contributed by atoms with Gasteiger partial charge in [-0.15, -0.1) is 0 Å². The van der Waals surface area contributed by atoms with Gasteiger partial charge in [-0.05, 0) is 61.7 Å². The number of hydrogen-bond donors (Lipinski definition) is 4. The number of benzene rings is 2. The number of nitrogens with one attached hydrogen (secondary N) is 4. The molecule has 0 saturated carbocycles. The summed E-state index contributed by atoms with van der Waals surface area (Å²) in [4.78, 5) is 15.9. The standard InChI is InChI=1S/C28H34N6/c1-5-7-22-19(3)23(26-16-32-28(34-26)18-30-14-6-2)12-13-24(22)20-8-10-21(11-9-20)25-15-31-27(33-25)17-29-4/h5,7-13,15-16,29-30H,6,14,17-18H2,1-4H3,(H,31,33)(H,32,34)/b7-5-. The van der Waals surface area contributed by atoms with Gasteiger partial charge in [0.25, 0.3) is 0 Å². The largest absolute Gasteiger partial charge is 0.341 e. The van der Waals surface area contributed by atoms with Crippen LogP contribution in [0.5, 0.6) is 0 Å². The van der Waals surface area contributed by atoms with Crippen molar-refractivity contribution in [3.8, 4) is 33.6 Å². The van der Waals surface area contributed by atoms with E-state index in [1.807, 2.05) is 19.4 Å². The average molecular weight is 455 g/mol. The van der Waals surface area contributed by atoms with Crippen LogP contribution in [0.2, 0.25) is 0 Å². The maximum atomic E-state index is 4.57. The molecule has 6 nitrogen and oxygen atoms in total. The molecule has 0 amide bonds. The highest BCUT2D eigenvalue weighted by molar-refractivity contribution is 5.83. The summed E-state index contributed by atoms with van der Waals surface area (Å²) in [5.41, 5.74) is 9.26. The number of aromatic nitrogens is 4. The van der Waals surface area contributed by atoms with Crippen LogP contribution in [0.3, 0.4) is 0 Å². The Bertz CT molecular complexity index is 1250. The van der Waals surface area contributed by atoms with E-state index in [-0.39, 0.29) is 0 Å². The topological polar surface area (TPSA) is 81.4 Å². The molecule has 4 N–H and O–H groups in total. The maximum absolute atomic E-state index is 4.57. The second kappa shape index (κ2) is 11.1. The number of allylic oxidation sites excluding steroid dienone is 1. The van der Waals surface area contributed by atoms with Gasteiger partial charge in [0.1, 0.15) is 11.6 Å². The Labute approximate surface area is 202 Å². The molecule has 4 aromatic rings. The lowest BCUT2D eigenvalue weighted by atomic mass is 9.91. The van der Waals surface area contributed by atoms with Crippen LogP contribution in [-0.4, -0.2) is 33.5 Å². The first kappa shape index (κ1) is 23.7. The quantitative estimate of drug-likeness (QED) is 0.232. The molecule has 0 saturated heterocycles. The molecule has 2 heterocycles. The van der Waals surface area contributed by atoms with E-state index < -0.39 is 0 Å². The molecule has 2 aromatic carbocycles. The summed E-state index contributed by atoms with van der Waals surface area (Å²) in [6, 6.07) is 13.1. The molecule has 4 rings (SSSR count). The molecule has 34 heavy (non-hydrogen) atoms. The molecule has 0 bridgehead atoms. The lowest BCUT2D eigenvalue weighted by Gasteiger charge is -2.14. The van der Waals surface area contributed by atoms with E-state index in [4.69, 9.17) is 0 Å². The minimum absolute atomic E-state index is 0.726. The molecular weight excluding hydrogens is 420 g/mol. The van der Waals surface area contributed by atoms with Crippen molar-refractivity contribution in [3.63, 3.8) is 0 Å². The minimum atomic E-state index is 0.726. The summed E-state index contributed by atoms with van der Waals surface area (Å²) < 4.78 is 0. The van der Waals surface area contributed by atoms with E-state index in [2.05, 4.69) is 99.9 Å². The van der Waals surface area contributed by atoms with Gasteiger partial charge in [-0.1, -0.05) is 55.5 Å². The van der Waals surface area contributed by atoms with Crippen molar-refractivity contribution < 1.29 is 0 Å². The van der Waals surface area contributed by atoms with Gasteiger partial charge in [0.15, 0.2) is 0 Å². The first-order valence-corrected chi connectivity index (χ1v) is 11.9. The van der Waals surface area contributed by atoms with Crippen LogP contribution in [0.15, 0.2) is 54.9 Å². The number of imidazole rings is 2. The Morgan fingerprint density at radius 2 is 1.50 bits per heavy atom. The van der Waals surface area contributed by atoms with Gasteiger partial charge in [-0.25, -0.2) is 9.97 Å². The Morgan fingerprint density at radius 3 is 2.21 bits per heavy atom. The van der Waals surface area contributed by atoms with Gasteiger partial charge >= 0.3 is 0 Å². The molecule has 0 radical (unpaired) electrons. The smallest absolute Gasteiger partial charge is 0.120 e. The molecule has 0 atom stereocenters. The third-order valence-electron chi connectivity index (χ3n) is 5.97. The van der Waals surface area contributed by atoms with Crippen LogP contribution in [0.25, 0.3) is 39.7 Å². The molecule has 0 fully saturated rings. The van der Waals surface area contributed by atoms with Crippen molar-refractivity contribution in [1.29, 1.82) is 0 Å². The highest BCUT2D eigenvalue weighted by Crippen LogP contribution is 2.34. The Balaban J connectivity index is 1.63. The molecule has 176 valence electrons. The SMILES string of the molecule is C/C=C\c1c(-c2ccc(-c3cnc(CNC)[nH]3)cc2)ccc(-c2cnc(CNCCC)[nH]2)c1C. The fourth-order valence-corrected chi connectivity index (χ4v) is 4.22. The second-order valence-electron chi connectivity index (χ2n) is 8.47. The van der Waals surface area contributed by atoms with Crippen molar-refractivity contribution in [2.45, 2.75) is 40.3 Å². The van der Waals surface area contributed by atoms with E-state index >= 15 is 0 Å². The molecule has 2 aromatic heterocycles. The molecular formula is C28H34N6. The van der Waals surface area contributed by atoms with Gasteiger partial charge in [0.05, 0.1) is 36.9 Å². The minimum Gasteiger partial charge on any atom is -0.341 e. The van der Waals surface area contributed by atoms with Gasteiger partial charge in [0.2, 0.25) is 0 Å². The number of aromatic amines is 2. The van der Waals surface area contributed by atoms with Crippen LogP contribution in [-0.2, 0) is 13.1 Å². The molecule has 0 aliphatic heterocycles. The summed E-state index contributed by atoms with van der Waals surface area (Å²) in [7, 11) is 1.92. The van der Waals surface area contributed by atoms with Crippen molar-refractivity contribution >= 4 is 6.08 Å². The third kappa shape index (κ3) is 5.19. The number of rotatable bonds is 10. The first-order valence-electron chi connectivity index (χ1n) is 11.9. The predicted molar refractivity (Wildman–Crippen MR) is 141 cm³/mol. The van der Waals surface area contributed by atoms with Crippen LogP contribution in [0.1, 0.15) is 43.0 Å². The Morgan fingerprint density at radius 1 is 0.853 bits per heavy atom. The lowest BCUT2D eigenvalue weighted by Crippen LogP contribution is -2.14. The molecule has 0 aliphatic rings. The van der Waals surface area contributed by atoms with Gasteiger partial charge in [-0.2, -0.15) is 0 Å². The lowest BCUT2D eigenvalue weighted by molar-refractivity contribution is 0.655. The zero-order valence-electron chi connectivity index (χ0n) is 20.5. The third-order valence-corrected chi connectivity index (χ3v) is 5.97. The number of H-pyrrole nitrogens is 2. The average Bonchev–Trinajstić information content (AvgIpc) is 3.51. The van der Waals surface area contributed by atoms with Gasteiger partial charge in [0, 0.05) is 5.56 Å². The summed E-state index contributed by atoms with van der Waals surface area (Å²) >= 11 is 0. The van der Waals surface area contributed by atoms with E-state index in [1.165, 1.54) is 27.8 Å². The number of nitrogens with zero attached hydrogens (tertiary/aromatic N) is 2. The van der Waals surface area contributed by atoms with E-state index in [9.17, 15) is 0 Å². The van der Waals surface area contributed by atoms with Crippen molar-refractivity contribution in [2.24, 2.45) is 0 Å². The van der Waals surface area contributed by atoms with E-state index in [0.29, 0.717) is 0 Å². The molecule has 6 heteroatoms. The fraction of sp³-hybridized carbons (Fsp3) is 0.286. The second-order valence-corrected chi connectivity index (χ2v) is 8.47. The van der Waals surface area contributed by atoms with Gasteiger partial charge in [-0.3, -0.25) is 0 Å². The van der Waals surface area contributed by atoms with Crippen LogP contribution in [0, 0.1) is 6.92 Å². The highest BCUT2D eigenvalue weighted by Gasteiger charge is 2.13. The van der Waals surface area contributed by atoms with E-state index in [0.717, 1.165) is 54.7 Å². The Kier molecular flexibility index (Phi) is 7.72. The van der Waals surface area contributed by atoms with Crippen LogP contribution in [0.4, 0.5) is 0 Å². The zero-order chi connectivity index (χ0) is 23.9. The van der Waals surface area contributed by atoms with Crippen molar-refractivity contribution in [3.05, 3.63) is 77.6 Å². The predicted octanol–water partition coefficient (Wildman–Crippen LogP) is 5.69. The highest BCUT2D eigenvalue weighted by atomic mass is 15.0. The monoisotopic (exact) mass is 454 g/mol. The normalized spacial score (nSPS) is 11.5. The van der Waals surface area contributed by atoms with Crippen LogP contribution >= 0.6 is 0 Å². The Hall–Kier alpha value is -3.48. The summed E-state index contributed by atoms with van der Waals surface area (Å²) in [5.74, 6) is 1.90. The molecule has 0 aliphatic carbocycles. The number of hydrogen-bond acceptors (Lipinski definition) is 4. The fourth-order valence-electron chi connectivity index (χ4n) is 4.22. The van der Waals surface area contributed by atoms with Crippen molar-refractivity contribution in [1.82, 2.24) is 30.6 Å². The summed E-state index contributed by atoms with van der Waals surface area (Å²) in [6.45, 7) is 8.89. The van der Waals surface area contributed by atoms with Gasteiger partial charge < -0.3 is 20.6 Å². The molecule has 0 spiro atoms. The summed E-state index contributed by atoms with van der Waals surface area (Å²) in [5, 5.41) is 6.52.